The van der Waals surface area contributed by atoms with Gasteiger partial charge in [0.2, 0.25) is 5.91 Å². The van der Waals surface area contributed by atoms with E-state index in [-0.39, 0.29) is 11.7 Å². The molecule has 142 valence electrons. The van der Waals surface area contributed by atoms with Crippen LogP contribution in [0.25, 0.3) is 0 Å². The number of aliphatic carboxylic acids is 1. The third-order valence-corrected chi connectivity index (χ3v) is 4.12. The van der Waals surface area contributed by atoms with Crippen LogP contribution in [0.4, 0.5) is 5.69 Å². The summed E-state index contributed by atoms with van der Waals surface area (Å²) in [7, 11) is 0. The van der Waals surface area contributed by atoms with Gasteiger partial charge in [-0.25, -0.2) is 0 Å². The molecular formula is C21H23NO5. The lowest BCUT2D eigenvalue weighted by molar-refractivity contribution is -0.138. The molecule has 2 N–H and O–H groups in total. The molecule has 2 aromatic rings. The second-order valence-electron chi connectivity index (χ2n) is 6.27. The minimum Gasteiger partial charge on any atom is -0.494 e. The Kier molecular flexibility index (Phi) is 7.11. The highest BCUT2D eigenvalue weighted by molar-refractivity contribution is 5.94. The highest BCUT2D eigenvalue weighted by Gasteiger charge is 2.13. The van der Waals surface area contributed by atoms with Crippen LogP contribution >= 0.6 is 0 Å². The smallest absolute Gasteiger partial charge is 0.310 e. The maximum absolute atomic E-state index is 12.0. The van der Waals surface area contributed by atoms with E-state index in [0.29, 0.717) is 42.0 Å². The van der Waals surface area contributed by atoms with Crippen molar-refractivity contribution < 1.29 is 24.2 Å². The number of ketones is 1. The Morgan fingerprint density at radius 3 is 2.44 bits per heavy atom. The van der Waals surface area contributed by atoms with Gasteiger partial charge in [-0.3, -0.25) is 14.4 Å². The van der Waals surface area contributed by atoms with Gasteiger partial charge >= 0.3 is 5.97 Å². The van der Waals surface area contributed by atoms with Crippen LogP contribution in [-0.4, -0.2) is 29.4 Å². The SMILES string of the molecule is CC(=O)c1cccc(OCCCC(=O)Nc2ccc(C(C)C(=O)O)cc2)c1. The molecule has 27 heavy (non-hydrogen) atoms. The number of hydrogen-bond donors (Lipinski definition) is 2. The van der Waals surface area contributed by atoms with Crippen LogP contribution in [0.15, 0.2) is 48.5 Å². The van der Waals surface area contributed by atoms with E-state index in [1.165, 1.54) is 6.92 Å². The molecule has 2 aromatic carbocycles. The lowest BCUT2D eigenvalue weighted by atomic mass is 10.0. The predicted molar refractivity (Wildman–Crippen MR) is 102 cm³/mol. The predicted octanol–water partition coefficient (Wildman–Crippen LogP) is 3.88. The zero-order chi connectivity index (χ0) is 19.8. The van der Waals surface area contributed by atoms with Crippen molar-refractivity contribution in [1.82, 2.24) is 0 Å². The maximum Gasteiger partial charge on any atom is 0.310 e. The van der Waals surface area contributed by atoms with Gasteiger partial charge in [-0.2, -0.15) is 0 Å². The molecule has 0 bridgehead atoms. The Bertz CT molecular complexity index is 814. The number of carbonyl (C=O) groups excluding carboxylic acids is 2. The van der Waals surface area contributed by atoms with Crippen molar-refractivity contribution in [2.24, 2.45) is 0 Å². The number of amides is 1. The van der Waals surface area contributed by atoms with Crippen LogP contribution in [0, 0.1) is 0 Å². The summed E-state index contributed by atoms with van der Waals surface area (Å²) in [6, 6.07) is 13.7. The number of Topliss-reactive ketones (excluding diaryl/α,β-unsaturated/α-hetero) is 1. The summed E-state index contributed by atoms with van der Waals surface area (Å²) in [5.41, 5.74) is 1.89. The summed E-state index contributed by atoms with van der Waals surface area (Å²) in [4.78, 5) is 34.3. The average Bonchev–Trinajstić information content (AvgIpc) is 2.65. The highest BCUT2D eigenvalue weighted by Crippen LogP contribution is 2.18. The molecule has 0 saturated heterocycles. The molecule has 0 aliphatic heterocycles. The first-order valence-corrected chi connectivity index (χ1v) is 8.73. The van der Waals surface area contributed by atoms with Crippen LogP contribution in [-0.2, 0) is 9.59 Å². The fourth-order valence-corrected chi connectivity index (χ4v) is 2.45. The Morgan fingerprint density at radius 2 is 1.81 bits per heavy atom. The first-order chi connectivity index (χ1) is 12.9. The monoisotopic (exact) mass is 369 g/mol. The van der Waals surface area contributed by atoms with Crippen LogP contribution in [0.2, 0.25) is 0 Å². The van der Waals surface area contributed by atoms with Gasteiger partial charge in [-0.1, -0.05) is 24.3 Å². The van der Waals surface area contributed by atoms with Gasteiger partial charge in [0.05, 0.1) is 12.5 Å². The number of ether oxygens (including phenoxy) is 1. The van der Waals surface area contributed by atoms with Crippen LogP contribution < -0.4 is 10.1 Å². The van der Waals surface area contributed by atoms with E-state index in [2.05, 4.69) is 5.32 Å². The average molecular weight is 369 g/mol. The summed E-state index contributed by atoms with van der Waals surface area (Å²) in [6.07, 6.45) is 0.823. The van der Waals surface area contributed by atoms with Gasteiger partial charge < -0.3 is 15.2 Å². The van der Waals surface area contributed by atoms with Crippen molar-refractivity contribution in [3.63, 3.8) is 0 Å². The highest BCUT2D eigenvalue weighted by atomic mass is 16.5. The van der Waals surface area contributed by atoms with Crippen molar-refractivity contribution in [1.29, 1.82) is 0 Å². The Morgan fingerprint density at radius 1 is 1.11 bits per heavy atom. The number of rotatable bonds is 9. The first kappa shape index (κ1) is 20.2. The topological polar surface area (TPSA) is 92.7 Å². The van der Waals surface area contributed by atoms with Gasteiger partial charge in [0.1, 0.15) is 5.75 Å². The van der Waals surface area contributed by atoms with Gasteiger partial charge in [-0.05, 0) is 50.1 Å². The van der Waals surface area contributed by atoms with E-state index in [0.717, 1.165) is 0 Å². The van der Waals surface area contributed by atoms with E-state index in [9.17, 15) is 14.4 Å². The zero-order valence-corrected chi connectivity index (χ0v) is 15.4. The summed E-state index contributed by atoms with van der Waals surface area (Å²) in [6.45, 7) is 3.48. The van der Waals surface area contributed by atoms with Crippen LogP contribution in [0.3, 0.4) is 0 Å². The normalized spacial score (nSPS) is 11.5. The number of benzene rings is 2. The quantitative estimate of drug-likeness (QED) is 0.517. The molecule has 0 radical (unpaired) electrons. The maximum atomic E-state index is 12.0. The zero-order valence-electron chi connectivity index (χ0n) is 15.4. The van der Waals surface area contributed by atoms with E-state index in [1.807, 2.05) is 0 Å². The fraction of sp³-hybridized carbons (Fsp3) is 0.286. The molecule has 6 nitrogen and oxygen atoms in total. The molecule has 1 amide bonds. The second kappa shape index (κ2) is 9.52. The molecule has 1 atom stereocenters. The van der Waals surface area contributed by atoms with Gasteiger partial charge in [0, 0.05) is 17.7 Å². The molecule has 0 aliphatic carbocycles. The largest absolute Gasteiger partial charge is 0.494 e. The number of carboxylic acid groups (broad SMARTS) is 1. The second-order valence-corrected chi connectivity index (χ2v) is 6.27. The summed E-state index contributed by atoms with van der Waals surface area (Å²) in [5.74, 6) is -1.04. The molecule has 6 heteroatoms. The molecule has 0 aromatic heterocycles. The van der Waals surface area contributed by atoms with Gasteiger partial charge in [0.25, 0.3) is 0 Å². The lowest BCUT2D eigenvalue weighted by Gasteiger charge is -2.10. The summed E-state index contributed by atoms with van der Waals surface area (Å²) < 4.78 is 5.57. The molecular weight excluding hydrogens is 346 g/mol. The van der Waals surface area contributed by atoms with E-state index >= 15 is 0 Å². The van der Waals surface area contributed by atoms with Gasteiger partial charge in [-0.15, -0.1) is 0 Å². The lowest BCUT2D eigenvalue weighted by Crippen LogP contribution is -2.13. The Labute approximate surface area is 158 Å². The van der Waals surface area contributed by atoms with E-state index < -0.39 is 11.9 Å². The number of hydrogen-bond acceptors (Lipinski definition) is 4. The van der Waals surface area contributed by atoms with Crippen molar-refractivity contribution >= 4 is 23.3 Å². The van der Waals surface area contributed by atoms with Crippen molar-refractivity contribution in [3.05, 3.63) is 59.7 Å². The van der Waals surface area contributed by atoms with Gasteiger partial charge in [0.15, 0.2) is 5.78 Å². The van der Waals surface area contributed by atoms with Crippen LogP contribution in [0.5, 0.6) is 5.75 Å². The van der Waals surface area contributed by atoms with Crippen molar-refractivity contribution in [2.75, 3.05) is 11.9 Å². The third kappa shape index (κ3) is 6.26. The number of nitrogens with one attached hydrogen (secondary N) is 1. The minimum atomic E-state index is -0.888. The molecule has 1 unspecified atom stereocenters. The molecule has 0 saturated carbocycles. The number of carbonyl (C=O) groups is 3. The molecule has 0 fully saturated rings. The Hall–Kier alpha value is -3.15. The minimum absolute atomic E-state index is 0.0244. The Balaban J connectivity index is 1.75. The standard InChI is InChI=1S/C21H23NO5/c1-14(21(25)26)16-8-10-18(11-9-16)22-20(24)7-4-12-27-19-6-3-5-17(13-19)15(2)23/h3,5-6,8-11,13-14H,4,7,12H2,1-2H3,(H,22,24)(H,25,26). The molecule has 0 spiro atoms. The van der Waals surface area contributed by atoms with E-state index in [4.69, 9.17) is 9.84 Å². The summed E-state index contributed by atoms with van der Waals surface area (Å²) >= 11 is 0. The molecule has 2 rings (SSSR count). The van der Waals surface area contributed by atoms with E-state index in [1.54, 1.807) is 55.5 Å². The molecule has 0 heterocycles. The third-order valence-electron chi connectivity index (χ3n) is 4.12. The van der Waals surface area contributed by atoms with Crippen molar-refractivity contribution in [2.45, 2.75) is 32.6 Å². The number of carboxylic acids is 1. The molecule has 0 aliphatic rings. The summed E-state index contributed by atoms with van der Waals surface area (Å²) in [5, 5.41) is 11.8. The number of anilines is 1. The first-order valence-electron chi connectivity index (χ1n) is 8.73. The van der Waals surface area contributed by atoms with Crippen LogP contribution in [0.1, 0.15) is 48.5 Å². The van der Waals surface area contributed by atoms with Crippen molar-refractivity contribution in [3.8, 4) is 5.75 Å². The fourth-order valence-electron chi connectivity index (χ4n) is 2.45.